The van der Waals surface area contributed by atoms with Crippen molar-refractivity contribution in [3.05, 3.63) is 0 Å². The van der Waals surface area contributed by atoms with Gasteiger partial charge in [0.15, 0.2) is 0 Å². The Bertz CT molecular complexity index is 382. The summed E-state index contributed by atoms with van der Waals surface area (Å²) in [6.07, 6.45) is 22.0. The SMILES string of the molecule is CCCCCCCCCCCCCCCCOC(=O)CCCOCCOCCOCCOCCCC. The summed E-state index contributed by atoms with van der Waals surface area (Å²) in [4.78, 5) is 11.8. The monoisotopic (exact) mass is 516 g/mol. The predicted octanol–water partition coefficient (Wildman–Crippen LogP) is 7.66. The van der Waals surface area contributed by atoms with E-state index in [9.17, 15) is 4.79 Å². The normalized spacial score (nSPS) is 11.3. The summed E-state index contributed by atoms with van der Waals surface area (Å²) >= 11 is 0. The summed E-state index contributed by atoms with van der Waals surface area (Å²) < 4.78 is 27.1. The molecule has 0 atom stereocenters. The second-order valence-electron chi connectivity index (χ2n) is 9.72. The second-order valence-corrected chi connectivity index (χ2v) is 9.72. The number of ether oxygens (including phenoxy) is 5. The van der Waals surface area contributed by atoms with E-state index in [1.54, 1.807) is 0 Å². The van der Waals surface area contributed by atoms with Crippen molar-refractivity contribution in [2.75, 3.05) is 59.5 Å². The number of rotatable bonds is 31. The van der Waals surface area contributed by atoms with Crippen molar-refractivity contribution in [3.8, 4) is 0 Å². The molecule has 0 amide bonds. The summed E-state index contributed by atoms with van der Waals surface area (Å²) in [5, 5.41) is 0. The molecule has 0 aliphatic heterocycles. The smallest absolute Gasteiger partial charge is 0.305 e. The fourth-order valence-corrected chi connectivity index (χ4v) is 3.88. The zero-order valence-corrected chi connectivity index (χ0v) is 24.0. The van der Waals surface area contributed by atoms with Gasteiger partial charge in [0.1, 0.15) is 0 Å². The van der Waals surface area contributed by atoms with Crippen molar-refractivity contribution >= 4 is 5.97 Å². The Morgan fingerprint density at radius 3 is 1.19 bits per heavy atom. The van der Waals surface area contributed by atoms with Crippen LogP contribution in [0.5, 0.6) is 0 Å². The average molecular weight is 517 g/mol. The first-order chi connectivity index (χ1) is 17.8. The van der Waals surface area contributed by atoms with Gasteiger partial charge in [-0.1, -0.05) is 104 Å². The van der Waals surface area contributed by atoms with E-state index in [-0.39, 0.29) is 5.97 Å². The van der Waals surface area contributed by atoms with Gasteiger partial charge < -0.3 is 23.7 Å². The lowest BCUT2D eigenvalue weighted by Gasteiger charge is -2.08. The summed E-state index contributed by atoms with van der Waals surface area (Å²) in [5.41, 5.74) is 0. The zero-order valence-electron chi connectivity index (χ0n) is 24.0. The Balaban J connectivity index is 3.14. The minimum Gasteiger partial charge on any atom is -0.466 e. The number of hydrogen-bond acceptors (Lipinski definition) is 6. The molecule has 0 saturated carbocycles. The lowest BCUT2D eigenvalue weighted by atomic mass is 10.0. The third-order valence-electron chi connectivity index (χ3n) is 6.19. The predicted molar refractivity (Wildman–Crippen MR) is 149 cm³/mol. The van der Waals surface area contributed by atoms with Crippen LogP contribution >= 0.6 is 0 Å². The molecule has 0 unspecified atom stereocenters. The van der Waals surface area contributed by atoms with Gasteiger partial charge in [-0.25, -0.2) is 0 Å². The topological polar surface area (TPSA) is 63.2 Å². The molecule has 0 N–H and O–H groups in total. The van der Waals surface area contributed by atoms with Gasteiger partial charge in [-0.2, -0.15) is 0 Å². The van der Waals surface area contributed by atoms with Crippen LogP contribution in [-0.2, 0) is 28.5 Å². The molecule has 6 heteroatoms. The molecule has 0 rings (SSSR count). The van der Waals surface area contributed by atoms with Crippen LogP contribution in [0, 0.1) is 0 Å². The number of esters is 1. The van der Waals surface area contributed by atoms with E-state index in [1.165, 1.54) is 77.0 Å². The molecular weight excluding hydrogens is 456 g/mol. The molecule has 0 aliphatic rings. The third-order valence-corrected chi connectivity index (χ3v) is 6.19. The van der Waals surface area contributed by atoms with Gasteiger partial charge in [-0.3, -0.25) is 4.79 Å². The molecule has 0 fully saturated rings. The van der Waals surface area contributed by atoms with Crippen molar-refractivity contribution in [1.82, 2.24) is 0 Å². The van der Waals surface area contributed by atoms with E-state index >= 15 is 0 Å². The molecule has 0 saturated heterocycles. The summed E-state index contributed by atoms with van der Waals surface area (Å²) in [6, 6.07) is 0. The maximum Gasteiger partial charge on any atom is 0.305 e. The minimum atomic E-state index is -0.111. The van der Waals surface area contributed by atoms with Crippen LogP contribution in [0.15, 0.2) is 0 Å². The largest absolute Gasteiger partial charge is 0.466 e. The highest BCUT2D eigenvalue weighted by atomic mass is 16.6. The van der Waals surface area contributed by atoms with Crippen molar-refractivity contribution in [3.63, 3.8) is 0 Å². The molecular formula is C30H60O6. The van der Waals surface area contributed by atoms with Crippen molar-refractivity contribution in [2.45, 2.75) is 129 Å². The molecule has 0 aromatic carbocycles. The molecule has 216 valence electrons. The van der Waals surface area contributed by atoms with Gasteiger partial charge in [0, 0.05) is 19.6 Å². The maximum absolute atomic E-state index is 11.8. The Morgan fingerprint density at radius 2 is 0.750 bits per heavy atom. The van der Waals surface area contributed by atoms with Crippen LogP contribution in [0.3, 0.4) is 0 Å². The van der Waals surface area contributed by atoms with E-state index in [0.717, 1.165) is 32.3 Å². The quantitative estimate of drug-likeness (QED) is 0.0696. The van der Waals surface area contributed by atoms with E-state index in [4.69, 9.17) is 23.7 Å². The lowest BCUT2D eigenvalue weighted by Crippen LogP contribution is -2.12. The van der Waals surface area contributed by atoms with Crippen LogP contribution in [0.2, 0.25) is 0 Å². The summed E-state index contributed by atoms with van der Waals surface area (Å²) in [7, 11) is 0. The van der Waals surface area contributed by atoms with Crippen LogP contribution in [-0.4, -0.2) is 65.4 Å². The number of carbonyl (C=O) groups excluding carboxylic acids is 1. The standard InChI is InChI=1S/C30H60O6/c1-3-5-7-8-9-10-11-12-13-14-15-16-17-18-23-36-30(31)20-19-22-33-25-27-35-29-28-34-26-24-32-21-6-4-2/h3-29H2,1-2H3. The minimum absolute atomic E-state index is 0.111. The zero-order chi connectivity index (χ0) is 26.2. The summed E-state index contributed by atoms with van der Waals surface area (Å²) in [6.45, 7) is 9.81. The van der Waals surface area contributed by atoms with Gasteiger partial charge in [0.05, 0.1) is 46.2 Å². The molecule has 36 heavy (non-hydrogen) atoms. The first-order valence-electron chi connectivity index (χ1n) is 15.3. The number of hydrogen-bond donors (Lipinski definition) is 0. The van der Waals surface area contributed by atoms with Crippen LogP contribution in [0.1, 0.15) is 129 Å². The molecule has 0 aliphatic carbocycles. The molecule has 0 aromatic rings. The second kappa shape index (κ2) is 32.3. The van der Waals surface area contributed by atoms with Crippen LogP contribution in [0.25, 0.3) is 0 Å². The molecule has 0 heterocycles. The van der Waals surface area contributed by atoms with E-state index in [1.807, 2.05) is 0 Å². The highest BCUT2D eigenvalue weighted by Crippen LogP contribution is 2.13. The lowest BCUT2D eigenvalue weighted by molar-refractivity contribution is -0.144. The molecule has 0 bridgehead atoms. The van der Waals surface area contributed by atoms with Crippen molar-refractivity contribution < 1.29 is 28.5 Å². The Morgan fingerprint density at radius 1 is 0.389 bits per heavy atom. The third kappa shape index (κ3) is 31.3. The fraction of sp³-hybridized carbons (Fsp3) is 0.967. The highest BCUT2D eigenvalue weighted by molar-refractivity contribution is 5.69. The van der Waals surface area contributed by atoms with Gasteiger partial charge in [0.2, 0.25) is 0 Å². The van der Waals surface area contributed by atoms with E-state index < -0.39 is 0 Å². The first kappa shape index (κ1) is 35.3. The average Bonchev–Trinajstić information content (AvgIpc) is 2.88. The van der Waals surface area contributed by atoms with Crippen LogP contribution < -0.4 is 0 Å². The van der Waals surface area contributed by atoms with E-state index in [2.05, 4.69) is 13.8 Å². The Kier molecular flexibility index (Phi) is 31.7. The first-order valence-corrected chi connectivity index (χ1v) is 15.3. The molecule has 6 nitrogen and oxygen atoms in total. The Labute approximate surface area is 223 Å². The Hall–Kier alpha value is -0.690. The molecule has 0 spiro atoms. The van der Waals surface area contributed by atoms with Gasteiger partial charge >= 0.3 is 5.97 Å². The summed E-state index contributed by atoms with van der Waals surface area (Å²) in [5.74, 6) is -0.111. The van der Waals surface area contributed by atoms with Gasteiger partial charge in [0.25, 0.3) is 0 Å². The van der Waals surface area contributed by atoms with Crippen LogP contribution in [0.4, 0.5) is 0 Å². The molecule has 0 radical (unpaired) electrons. The van der Waals surface area contributed by atoms with Gasteiger partial charge in [-0.05, 0) is 19.3 Å². The fourth-order valence-electron chi connectivity index (χ4n) is 3.88. The van der Waals surface area contributed by atoms with Crippen molar-refractivity contribution in [1.29, 1.82) is 0 Å². The van der Waals surface area contributed by atoms with E-state index in [0.29, 0.717) is 65.7 Å². The van der Waals surface area contributed by atoms with Crippen molar-refractivity contribution in [2.24, 2.45) is 0 Å². The molecule has 0 aromatic heterocycles. The number of unbranched alkanes of at least 4 members (excludes halogenated alkanes) is 14. The number of carbonyl (C=O) groups is 1. The highest BCUT2D eigenvalue weighted by Gasteiger charge is 2.03. The van der Waals surface area contributed by atoms with Gasteiger partial charge in [-0.15, -0.1) is 0 Å². The maximum atomic E-state index is 11.8.